The molecular formula is C12H4Br2Cl2N2O2. The van der Waals surface area contributed by atoms with Crippen molar-refractivity contribution in [3.63, 3.8) is 0 Å². The van der Waals surface area contributed by atoms with E-state index in [9.17, 15) is 10.2 Å². The number of hydrogen-bond donors (Lipinski definition) is 2. The molecule has 0 spiro atoms. The van der Waals surface area contributed by atoms with E-state index in [-0.39, 0.29) is 33.6 Å². The Balaban J connectivity index is 2.60. The van der Waals surface area contributed by atoms with Crippen LogP contribution in [0.2, 0.25) is 10.0 Å². The number of fused-ring (bicyclic) bond motifs is 2. The monoisotopic (exact) mass is 436 g/mol. The van der Waals surface area contributed by atoms with Crippen LogP contribution in [0.15, 0.2) is 21.1 Å². The van der Waals surface area contributed by atoms with Gasteiger partial charge in [0.05, 0.1) is 19.0 Å². The lowest BCUT2D eigenvalue weighted by atomic mass is 10.2. The first kappa shape index (κ1) is 14.1. The summed E-state index contributed by atoms with van der Waals surface area (Å²) in [6.45, 7) is 0. The van der Waals surface area contributed by atoms with Crippen molar-refractivity contribution in [3.05, 3.63) is 31.1 Å². The molecule has 1 aromatic heterocycles. The second kappa shape index (κ2) is 4.87. The minimum absolute atomic E-state index is 0.0859. The zero-order valence-corrected chi connectivity index (χ0v) is 14.1. The Morgan fingerprint density at radius 3 is 1.45 bits per heavy atom. The number of halogens is 4. The van der Waals surface area contributed by atoms with E-state index >= 15 is 0 Å². The molecule has 0 bridgehead atoms. The van der Waals surface area contributed by atoms with E-state index < -0.39 is 0 Å². The maximum absolute atomic E-state index is 10.0. The largest absolute Gasteiger partial charge is 0.504 e. The number of benzene rings is 2. The van der Waals surface area contributed by atoms with Crippen molar-refractivity contribution in [2.45, 2.75) is 0 Å². The van der Waals surface area contributed by atoms with E-state index in [0.717, 1.165) is 0 Å². The molecule has 2 N–H and O–H groups in total. The summed E-state index contributed by atoms with van der Waals surface area (Å²) in [5.41, 5.74) is 0.981. The third-order valence-electron chi connectivity index (χ3n) is 2.76. The molecular weight excluding hydrogens is 435 g/mol. The number of rotatable bonds is 0. The summed E-state index contributed by atoms with van der Waals surface area (Å²) >= 11 is 18.6. The van der Waals surface area contributed by atoms with E-state index in [0.29, 0.717) is 19.0 Å². The SMILES string of the molecule is Oc1c(Br)cc(Cl)c2nc3c(O)c(Br)cc(Cl)c3nc12. The van der Waals surface area contributed by atoms with Gasteiger partial charge in [-0.3, -0.25) is 0 Å². The van der Waals surface area contributed by atoms with Crippen LogP contribution in [0.4, 0.5) is 0 Å². The number of hydrogen-bond acceptors (Lipinski definition) is 4. The molecule has 4 nitrogen and oxygen atoms in total. The molecule has 102 valence electrons. The molecule has 0 radical (unpaired) electrons. The average molecular weight is 439 g/mol. The Morgan fingerprint density at radius 2 is 1.10 bits per heavy atom. The minimum Gasteiger partial charge on any atom is -0.504 e. The molecule has 0 saturated heterocycles. The van der Waals surface area contributed by atoms with Gasteiger partial charge in [0.25, 0.3) is 0 Å². The van der Waals surface area contributed by atoms with Crippen LogP contribution < -0.4 is 0 Å². The lowest BCUT2D eigenvalue weighted by Crippen LogP contribution is -1.91. The van der Waals surface area contributed by atoms with Crippen LogP contribution in [0.5, 0.6) is 11.5 Å². The summed E-state index contributed by atoms with van der Waals surface area (Å²) in [7, 11) is 0. The molecule has 0 unspecified atom stereocenters. The van der Waals surface area contributed by atoms with Crippen LogP contribution in [0.25, 0.3) is 22.1 Å². The van der Waals surface area contributed by atoms with Crippen LogP contribution in [0, 0.1) is 0 Å². The molecule has 0 atom stereocenters. The van der Waals surface area contributed by atoms with Gasteiger partial charge in [-0.2, -0.15) is 0 Å². The smallest absolute Gasteiger partial charge is 0.157 e. The van der Waals surface area contributed by atoms with Crippen molar-refractivity contribution >= 4 is 77.1 Å². The van der Waals surface area contributed by atoms with E-state index in [1.807, 2.05) is 0 Å². The van der Waals surface area contributed by atoms with Gasteiger partial charge in [0, 0.05) is 0 Å². The highest BCUT2D eigenvalue weighted by atomic mass is 79.9. The van der Waals surface area contributed by atoms with Crippen LogP contribution in [-0.2, 0) is 0 Å². The second-order valence-corrected chi connectivity index (χ2v) is 6.52. The van der Waals surface area contributed by atoms with Crippen LogP contribution in [0.1, 0.15) is 0 Å². The number of nitrogens with zero attached hydrogens (tertiary/aromatic N) is 2. The molecule has 3 rings (SSSR count). The molecule has 1 heterocycles. The fourth-order valence-corrected chi connectivity index (χ4v) is 3.40. The Labute approximate surface area is 139 Å². The highest BCUT2D eigenvalue weighted by Crippen LogP contribution is 2.40. The lowest BCUT2D eigenvalue weighted by molar-refractivity contribution is 0.475. The van der Waals surface area contributed by atoms with Crippen LogP contribution in [0.3, 0.4) is 0 Å². The fourth-order valence-electron chi connectivity index (χ4n) is 1.82. The summed E-state index contributed by atoms with van der Waals surface area (Å²) in [5, 5.41) is 20.7. The van der Waals surface area contributed by atoms with Gasteiger partial charge in [0.1, 0.15) is 22.1 Å². The summed E-state index contributed by atoms with van der Waals surface area (Å²) in [5.74, 6) is -0.172. The quantitative estimate of drug-likeness (QED) is 0.483. The first-order chi connectivity index (χ1) is 9.40. The van der Waals surface area contributed by atoms with Crippen molar-refractivity contribution in [1.29, 1.82) is 0 Å². The number of aromatic hydroxyl groups is 2. The van der Waals surface area contributed by atoms with Gasteiger partial charge in [0.15, 0.2) is 11.5 Å². The second-order valence-electron chi connectivity index (χ2n) is 4.00. The highest BCUT2D eigenvalue weighted by molar-refractivity contribution is 9.11. The molecule has 0 aliphatic rings. The minimum atomic E-state index is -0.0859. The molecule has 8 heteroatoms. The van der Waals surface area contributed by atoms with Crippen molar-refractivity contribution in [2.75, 3.05) is 0 Å². The molecule has 0 aliphatic heterocycles. The van der Waals surface area contributed by atoms with Gasteiger partial charge >= 0.3 is 0 Å². The molecule has 3 aromatic rings. The Hall–Kier alpha value is -0.820. The maximum Gasteiger partial charge on any atom is 0.157 e. The maximum atomic E-state index is 10.0. The van der Waals surface area contributed by atoms with E-state index in [4.69, 9.17) is 23.2 Å². The third-order valence-corrected chi connectivity index (χ3v) is 4.54. The summed E-state index contributed by atoms with van der Waals surface area (Å²) in [6, 6.07) is 3.02. The van der Waals surface area contributed by atoms with Gasteiger partial charge < -0.3 is 10.2 Å². The van der Waals surface area contributed by atoms with Gasteiger partial charge in [-0.1, -0.05) is 23.2 Å². The zero-order chi connectivity index (χ0) is 14.6. The Bertz CT molecular complexity index is 813. The van der Waals surface area contributed by atoms with Crippen LogP contribution in [-0.4, -0.2) is 20.2 Å². The predicted octanol–water partition coefficient (Wildman–Crippen LogP) is 5.03. The third kappa shape index (κ3) is 2.02. The number of phenols is 2. The van der Waals surface area contributed by atoms with E-state index in [2.05, 4.69) is 41.8 Å². The van der Waals surface area contributed by atoms with E-state index in [1.54, 1.807) is 0 Å². The highest BCUT2D eigenvalue weighted by Gasteiger charge is 2.17. The molecule has 0 aliphatic carbocycles. The van der Waals surface area contributed by atoms with Gasteiger partial charge in [0.2, 0.25) is 0 Å². The fraction of sp³-hybridized carbons (Fsp3) is 0. The molecule has 0 amide bonds. The summed E-state index contributed by atoms with van der Waals surface area (Å²) < 4.78 is 0.808. The zero-order valence-electron chi connectivity index (χ0n) is 9.46. The van der Waals surface area contributed by atoms with Gasteiger partial charge in [-0.15, -0.1) is 0 Å². The standard InChI is InChI=1S/C12H4Br2Cl2N2O2/c13-3-1-5(15)7-9(11(3)19)18-8-6(16)2-4(14)12(20)10(8)17-7/h1-2,19-20H. The average Bonchev–Trinajstić information content (AvgIpc) is 2.41. The topological polar surface area (TPSA) is 66.2 Å². The molecule has 0 fully saturated rings. The molecule has 2 aromatic carbocycles. The first-order valence-corrected chi connectivity index (χ1v) is 7.59. The first-order valence-electron chi connectivity index (χ1n) is 5.25. The predicted molar refractivity (Wildman–Crippen MR) is 85.8 cm³/mol. The van der Waals surface area contributed by atoms with Gasteiger partial charge in [-0.05, 0) is 44.0 Å². The molecule has 0 saturated carbocycles. The molecule has 20 heavy (non-hydrogen) atoms. The summed E-state index contributed by atoms with van der Waals surface area (Å²) in [4.78, 5) is 8.52. The number of aromatic nitrogens is 2. The number of phenolic OH excluding ortho intramolecular Hbond substituents is 2. The van der Waals surface area contributed by atoms with Crippen molar-refractivity contribution in [3.8, 4) is 11.5 Å². The van der Waals surface area contributed by atoms with Crippen molar-refractivity contribution < 1.29 is 10.2 Å². The van der Waals surface area contributed by atoms with Crippen molar-refractivity contribution in [1.82, 2.24) is 9.97 Å². The van der Waals surface area contributed by atoms with Gasteiger partial charge in [-0.25, -0.2) is 9.97 Å². The van der Waals surface area contributed by atoms with Crippen LogP contribution >= 0.6 is 55.1 Å². The van der Waals surface area contributed by atoms with Crippen molar-refractivity contribution in [2.24, 2.45) is 0 Å². The lowest BCUT2D eigenvalue weighted by Gasteiger charge is -2.09. The Morgan fingerprint density at radius 1 is 0.750 bits per heavy atom. The Kier molecular flexibility index (Phi) is 3.44. The normalized spacial score (nSPS) is 11.4. The summed E-state index contributed by atoms with van der Waals surface area (Å²) in [6.07, 6.45) is 0. The van der Waals surface area contributed by atoms with E-state index in [1.165, 1.54) is 12.1 Å².